The van der Waals surface area contributed by atoms with Crippen LogP contribution < -0.4 is 15.4 Å². The Bertz CT molecular complexity index is 1160. The molecule has 1 amide bonds. The number of benzene rings is 2. The monoisotopic (exact) mass is 416 g/mol. The van der Waals surface area contributed by atoms with E-state index in [-0.39, 0.29) is 11.9 Å². The fourth-order valence-electron chi connectivity index (χ4n) is 2.45. The van der Waals surface area contributed by atoms with E-state index in [0.717, 1.165) is 10.6 Å². The standard InChI is InChI=1S/C21H16N6O2S/c1-2-18(28)23-15-8-10-16(11-9-15)29-20-22-13-12-17(24-20)25-21-27-26-19(30-21)14-6-4-3-5-7-14/h2-13H,1H2,(H,23,28)(H,22,24,25,27). The SMILES string of the molecule is C=CC(=O)Nc1ccc(Oc2nccc(Nc3nnc(-c4ccccc4)s3)n2)cc1. The lowest BCUT2D eigenvalue weighted by Gasteiger charge is -2.07. The van der Waals surface area contributed by atoms with Gasteiger partial charge in [0, 0.05) is 17.4 Å². The summed E-state index contributed by atoms with van der Waals surface area (Å²) in [6.07, 6.45) is 2.79. The van der Waals surface area contributed by atoms with E-state index in [1.165, 1.54) is 17.4 Å². The van der Waals surface area contributed by atoms with Gasteiger partial charge >= 0.3 is 6.01 Å². The maximum absolute atomic E-state index is 11.3. The first-order valence-electron chi connectivity index (χ1n) is 8.90. The Labute approximate surface area is 176 Å². The number of rotatable bonds is 7. The number of nitrogens with zero attached hydrogens (tertiary/aromatic N) is 4. The molecule has 0 unspecified atom stereocenters. The van der Waals surface area contributed by atoms with Crippen LogP contribution in [0.5, 0.6) is 11.8 Å². The van der Waals surface area contributed by atoms with Crippen LogP contribution in [0.4, 0.5) is 16.6 Å². The number of hydrogen-bond acceptors (Lipinski definition) is 8. The predicted molar refractivity (Wildman–Crippen MR) is 116 cm³/mol. The Morgan fingerprint density at radius 1 is 1.03 bits per heavy atom. The number of carbonyl (C=O) groups excluding carboxylic acids is 1. The normalized spacial score (nSPS) is 10.3. The molecule has 0 bridgehead atoms. The van der Waals surface area contributed by atoms with E-state index >= 15 is 0 Å². The van der Waals surface area contributed by atoms with E-state index in [4.69, 9.17) is 4.74 Å². The van der Waals surface area contributed by atoms with Crippen molar-refractivity contribution in [3.8, 4) is 22.3 Å². The molecule has 0 spiro atoms. The Morgan fingerprint density at radius 2 is 1.83 bits per heavy atom. The van der Waals surface area contributed by atoms with Crippen molar-refractivity contribution >= 4 is 33.9 Å². The van der Waals surface area contributed by atoms with Crippen molar-refractivity contribution in [1.82, 2.24) is 20.2 Å². The lowest BCUT2D eigenvalue weighted by molar-refractivity contribution is -0.111. The summed E-state index contributed by atoms with van der Waals surface area (Å²) >= 11 is 1.42. The van der Waals surface area contributed by atoms with Gasteiger partial charge in [0.2, 0.25) is 11.0 Å². The molecule has 0 aliphatic carbocycles. The quantitative estimate of drug-likeness (QED) is 0.423. The lowest BCUT2D eigenvalue weighted by Crippen LogP contribution is -2.06. The van der Waals surface area contributed by atoms with Crippen LogP contribution in [-0.2, 0) is 4.79 Å². The van der Waals surface area contributed by atoms with Crippen LogP contribution in [0.2, 0.25) is 0 Å². The average Bonchev–Trinajstić information content (AvgIpc) is 3.24. The van der Waals surface area contributed by atoms with Gasteiger partial charge in [-0.1, -0.05) is 48.2 Å². The van der Waals surface area contributed by atoms with Gasteiger partial charge < -0.3 is 15.4 Å². The first kappa shape index (κ1) is 19.2. The smallest absolute Gasteiger partial charge is 0.323 e. The molecule has 0 saturated heterocycles. The second-order valence-electron chi connectivity index (χ2n) is 5.95. The van der Waals surface area contributed by atoms with Crippen LogP contribution in [0.1, 0.15) is 0 Å². The van der Waals surface area contributed by atoms with Crippen molar-refractivity contribution in [2.75, 3.05) is 10.6 Å². The number of amides is 1. The maximum Gasteiger partial charge on any atom is 0.323 e. The second kappa shape index (κ2) is 8.93. The predicted octanol–water partition coefficient (Wildman–Crippen LogP) is 4.66. The van der Waals surface area contributed by atoms with E-state index in [1.807, 2.05) is 30.3 Å². The fourth-order valence-corrected chi connectivity index (χ4v) is 3.20. The summed E-state index contributed by atoms with van der Waals surface area (Å²) in [5, 5.41) is 15.6. The van der Waals surface area contributed by atoms with Crippen LogP contribution in [-0.4, -0.2) is 26.1 Å². The third-order valence-corrected chi connectivity index (χ3v) is 4.72. The van der Waals surface area contributed by atoms with Crippen molar-refractivity contribution in [2.24, 2.45) is 0 Å². The molecule has 0 fully saturated rings. The third kappa shape index (κ3) is 4.83. The van der Waals surface area contributed by atoms with Crippen LogP contribution in [0, 0.1) is 0 Å². The second-order valence-corrected chi connectivity index (χ2v) is 6.93. The topological polar surface area (TPSA) is 102 Å². The van der Waals surface area contributed by atoms with Gasteiger partial charge in [0.05, 0.1) is 0 Å². The summed E-state index contributed by atoms with van der Waals surface area (Å²) < 4.78 is 5.69. The molecule has 4 rings (SSSR count). The number of hydrogen-bond donors (Lipinski definition) is 2. The maximum atomic E-state index is 11.3. The molecule has 30 heavy (non-hydrogen) atoms. The molecule has 2 aromatic carbocycles. The first-order chi connectivity index (χ1) is 14.7. The molecule has 0 saturated carbocycles. The highest BCUT2D eigenvalue weighted by Crippen LogP contribution is 2.28. The number of aromatic nitrogens is 4. The van der Waals surface area contributed by atoms with Gasteiger partial charge in [-0.3, -0.25) is 4.79 Å². The van der Waals surface area contributed by atoms with Gasteiger partial charge in [-0.05, 0) is 36.4 Å². The molecule has 0 atom stereocenters. The Balaban J connectivity index is 1.42. The molecule has 8 nitrogen and oxygen atoms in total. The molecule has 0 aliphatic heterocycles. The third-order valence-electron chi connectivity index (χ3n) is 3.83. The molecule has 2 N–H and O–H groups in total. The number of ether oxygens (including phenoxy) is 1. The summed E-state index contributed by atoms with van der Waals surface area (Å²) in [5.41, 5.74) is 1.64. The van der Waals surface area contributed by atoms with Gasteiger partial charge in [0.25, 0.3) is 0 Å². The molecule has 9 heteroatoms. The molecular formula is C21H16N6O2S. The lowest BCUT2D eigenvalue weighted by atomic mass is 10.2. The fraction of sp³-hybridized carbons (Fsp3) is 0. The molecular weight excluding hydrogens is 400 g/mol. The highest BCUT2D eigenvalue weighted by atomic mass is 32.1. The van der Waals surface area contributed by atoms with Crippen molar-refractivity contribution in [1.29, 1.82) is 0 Å². The van der Waals surface area contributed by atoms with Gasteiger partial charge in [-0.15, -0.1) is 10.2 Å². The number of nitrogens with one attached hydrogen (secondary N) is 2. The van der Waals surface area contributed by atoms with Gasteiger partial charge in [0.1, 0.15) is 16.6 Å². The zero-order chi connectivity index (χ0) is 20.8. The summed E-state index contributed by atoms with van der Waals surface area (Å²) in [4.78, 5) is 19.8. The van der Waals surface area contributed by atoms with Crippen molar-refractivity contribution in [3.63, 3.8) is 0 Å². The highest BCUT2D eigenvalue weighted by molar-refractivity contribution is 7.18. The first-order valence-corrected chi connectivity index (χ1v) is 9.71. The van der Waals surface area contributed by atoms with Crippen LogP contribution >= 0.6 is 11.3 Å². The molecule has 0 radical (unpaired) electrons. The highest BCUT2D eigenvalue weighted by Gasteiger charge is 2.09. The number of anilines is 3. The van der Waals surface area contributed by atoms with Crippen LogP contribution in [0.15, 0.2) is 79.5 Å². The van der Waals surface area contributed by atoms with E-state index in [2.05, 4.69) is 37.4 Å². The van der Waals surface area contributed by atoms with E-state index in [9.17, 15) is 4.79 Å². The Kier molecular flexibility index (Phi) is 5.72. The summed E-state index contributed by atoms with van der Waals surface area (Å²) in [5.74, 6) is 0.787. The van der Waals surface area contributed by atoms with Crippen LogP contribution in [0.3, 0.4) is 0 Å². The average molecular weight is 416 g/mol. The minimum absolute atomic E-state index is 0.177. The molecule has 0 aliphatic rings. The largest absolute Gasteiger partial charge is 0.424 e. The van der Waals surface area contributed by atoms with E-state index in [0.29, 0.717) is 22.4 Å². The zero-order valence-corrected chi connectivity index (χ0v) is 16.5. The van der Waals surface area contributed by atoms with Crippen molar-refractivity contribution in [3.05, 3.63) is 79.5 Å². The molecule has 2 aromatic heterocycles. The molecule has 2 heterocycles. The van der Waals surface area contributed by atoms with Gasteiger partial charge in [-0.25, -0.2) is 4.98 Å². The summed E-state index contributed by atoms with van der Waals surface area (Å²) in [6.45, 7) is 3.42. The Morgan fingerprint density at radius 3 is 2.60 bits per heavy atom. The summed E-state index contributed by atoms with van der Waals surface area (Å²) in [7, 11) is 0. The zero-order valence-electron chi connectivity index (χ0n) is 15.6. The molecule has 148 valence electrons. The minimum atomic E-state index is -0.280. The minimum Gasteiger partial charge on any atom is -0.424 e. The number of carbonyl (C=O) groups is 1. The van der Waals surface area contributed by atoms with Crippen LogP contribution in [0.25, 0.3) is 10.6 Å². The summed E-state index contributed by atoms with van der Waals surface area (Å²) in [6, 6.07) is 18.6. The van der Waals surface area contributed by atoms with E-state index in [1.54, 1.807) is 36.5 Å². The van der Waals surface area contributed by atoms with Crippen molar-refractivity contribution in [2.45, 2.75) is 0 Å². The molecule has 4 aromatic rings. The van der Waals surface area contributed by atoms with Gasteiger partial charge in [-0.2, -0.15) is 4.98 Å². The van der Waals surface area contributed by atoms with E-state index < -0.39 is 0 Å². The Hall–Kier alpha value is -4.11. The van der Waals surface area contributed by atoms with Gasteiger partial charge in [0.15, 0.2) is 0 Å². The van der Waals surface area contributed by atoms with Crippen molar-refractivity contribution < 1.29 is 9.53 Å².